The Hall–Kier alpha value is -3.90. The topological polar surface area (TPSA) is 75.6 Å². The molecule has 2 N–H and O–H groups in total. The van der Waals surface area contributed by atoms with Gasteiger partial charge in [-0.3, -0.25) is 0 Å². The zero-order valence-electron chi connectivity index (χ0n) is 18.3. The number of carboxylic acid groups (broad SMARTS) is 1. The Balaban J connectivity index is 1.23. The summed E-state index contributed by atoms with van der Waals surface area (Å²) in [6, 6.07) is 24.8. The number of amides is 1. The van der Waals surface area contributed by atoms with Gasteiger partial charge in [0.05, 0.1) is 0 Å². The van der Waals surface area contributed by atoms with Crippen LogP contribution in [0.1, 0.15) is 22.6 Å². The normalized spacial score (nSPS) is 13.1. The van der Waals surface area contributed by atoms with Crippen LogP contribution < -0.4 is 5.32 Å². The van der Waals surface area contributed by atoms with Crippen molar-refractivity contribution >= 4 is 23.4 Å². The van der Waals surface area contributed by atoms with Crippen LogP contribution in [0.3, 0.4) is 0 Å². The van der Waals surface area contributed by atoms with Crippen LogP contribution in [0.5, 0.6) is 0 Å². The maximum absolute atomic E-state index is 12.5. The third kappa shape index (κ3) is 4.45. The number of carboxylic acids is 1. The van der Waals surface area contributed by atoms with Crippen LogP contribution in [-0.4, -0.2) is 29.8 Å². The molecule has 1 atom stereocenters. The van der Waals surface area contributed by atoms with Gasteiger partial charge in [-0.15, -0.1) is 0 Å². The second kappa shape index (κ2) is 9.53. The number of thiophene rings is 1. The highest BCUT2D eigenvalue weighted by Crippen LogP contribution is 2.44. The average Bonchev–Trinajstić information content (AvgIpc) is 3.50. The van der Waals surface area contributed by atoms with E-state index in [1.807, 2.05) is 72.1 Å². The predicted molar refractivity (Wildman–Crippen MR) is 133 cm³/mol. The number of hydrogen-bond acceptors (Lipinski definition) is 4. The third-order valence-corrected chi connectivity index (χ3v) is 6.87. The molecular formula is C28H23NO4S. The molecule has 170 valence electrons. The Labute approximate surface area is 201 Å². The molecule has 1 aromatic heterocycles. The molecule has 6 heteroatoms. The van der Waals surface area contributed by atoms with Gasteiger partial charge in [0.15, 0.2) is 0 Å². The first kappa shape index (κ1) is 21.9. The zero-order valence-corrected chi connectivity index (χ0v) is 19.1. The van der Waals surface area contributed by atoms with E-state index in [2.05, 4.69) is 22.8 Å². The standard InChI is InChI=1S/C28H23NO4S/c30-27(31)26(15-18-9-11-19(12-10-18)20-13-14-34-17-20)29-28(32)33-16-25-23-7-3-1-5-21(23)22-6-2-4-8-24(22)25/h1-14,17,25-26H,15-16H2,(H,29,32)(H,30,31). The van der Waals surface area contributed by atoms with Gasteiger partial charge in [0.1, 0.15) is 12.6 Å². The Morgan fingerprint density at radius 3 is 2.12 bits per heavy atom. The van der Waals surface area contributed by atoms with E-state index in [0.717, 1.165) is 38.9 Å². The second-order valence-corrected chi connectivity index (χ2v) is 9.05. The summed E-state index contributed by atoms with van der Waals surface area (Å²) in [4.78, 5) is 24.4. The van der Waals surface area contributed by atoms with E-state index in [1.54, 1.807) is 11.3 Å². The summed E-state index contributed by atoms with van der Waals surface area (Å²) < 4.78 is 5.51. The van der Waals surface area contributed by atoms with Gasteiger partial charge >= 0.3 is 12.1 Å². The van der Waals surface area contributed by atoms with Gasteiger partial charge in [0, 0.05) is 12.3 Å². The van der Waals surface area contributed by atoms with E-state index < -0.39 is 18.1 Å². The molecule has 3 aromatic carbocycles. The van der Waals surface area contributed by atoms with Gasteiger partial charge in [-0.05, 0) is 55.8 Å². The molecule has 4 aromatic rings. The van der Waals surface area contributed by atoms with Gasteiger partial charge in [0.2, 0.25) is 0 Å². The first-order valence-electron chi connectivity index (χ1n) is 11.1. The molecule has 1 unspecified atom stereocenters. The summed E-state index contributed by atoms with van der Waals surface area (Å²) in [5.74, 6) is -1.18. The summed E-state index contributed by atoms with van der Waals surface area (Å²) in [6.45, 7) is 0.140. The number of rotatable bonds is 7. The Bertz CT molecular complexity index is 1270. The number of fused-ring (bicyclic) bond motifs is 3. The number of alkyl carbamates (subject to hydrolysis) is 1. The number of aliphatic carboxylic acids is 1. The van der Waals surface area contributed by atoms with Crippen molar-refractivity contribution < 1.29 is 19.4 Å². The van der Waals surface area contributed by atoms with E-state index in [1.165, 1.54) is 0 Å². The molecule has 0 aliphatic heterocycles. The molecule has 0 saturated heterocycles. The lowest BCUT2D eigenvalue weighted by Crippen LogP contribution is -2.42. The SMILES string of the molecule is O=C(NC(Cc1ccc(-c2ccsc2)cc1)C(=O)O)OCC1c2ccccc2-c2ccccc21. The Morgan fingerprint density at radius 2 is 1.53 bits per heavy atom. The quantitative estimate of drug-likeness (QED) is 0.351. The summed E-state index contributed by atoms with van der Waals surface area (Å²) in [5, 5.41) is 16.3. The van der Waals surface area contributed by atoms with Crippen molar-refractivity contribution in [3.63, 3.8) is 0 Å². The van der Waals surface area contributed by atoms with E-state index in [4.69, 9.17) is 4.74 Å². The van der Waals surface area contributed by atoms with Crippen LogP contribution in [0.15, 0.2) is 89.6 Å². The van der Waals surface area contributed by atoms with Crippen LogP contribution >= 0.6 is 11.3 Å². The number of hydrogen-bond donors (Lipinski definition) is 2. The maximum Gasteiger partial charge on any atom is 0.407 e. The predicted octanol–water partition coefficient (Wildman–Crippen LogP) is 5.95. The highest BCUT2D eigenvalue weighted by molar-refractivity contribution is 7.08. The average molecular weight is 470 g/mol. The van der Waals surface area contributed by atoms with E-state index in [0.29, 0.717) is 0 Å². The number of carbonyl (C=O) groups is 2. The highest BCUT2D eigenvalue weighted by Gasteiger charge is 2.29. The van der Waals surface area contributed by atoms with Crippen LogP contribution in [0.2, 0.25) is 0 Å². The number of ether oxygens (including phenoxy) is 1. The molecule has 5 rings (SSSR count). The van der Waals surface area contributed by atoms with E-state index in [9.17, 15) is 14.7 Å². The molecule has 5 nitrogen and oxygen atoms in total. The first-order chi connectivity index (χ1) is 16.6. The minimum absolute atomic E-state index is 0.0777. The fourth-order valence-electron chi connectivity index (χ4n) is 4.48. The molecule has 0 saturated carbocycles. The molecule has 1 aliphatic rings. The highest BCUT2D eigenvalue weighted by atomic mass is 32.1. The fourth-order valence-corrected chi connectivity index (χ4v) is 5.15. The third-order valence-electron chi connectivity index (χ3n) is 6.18. The number of carbonyl (C=O) groups excluding carboxylic acids is 1. The lowest BCUT2D eigenvalue weighted by Gasteiger charge is -2.17. The minimum Gasteiger partial charge on any atom is -0.480 e. The largest absolute Gasteiger partial charge is 0.480 e. The van der Waals surface area contributed by atoms with Crippen molar-refractivity contribution in [2.24, 2.45) is 0 Å². The monoisotopic (exact) mass is 469 g/mol. The van der Waals surface area contributed by atoms with Gasteiger partial charge in [-0.2, -0.15) is 11.3 Å². The smallest absolute Gasteiger partial charge is 0.407 e. The van der Waals surface area contributed by atoms with Crippen molar-refractivity contribution in [1.29, 1.82) is 0 Å². The second-order valence-electron chi connectivity index (χ2n) is 8.27. The first-order valence-corrected chi connectivity index (χ1v) is 12.0. The maximum atomic E-state index is 12.5. The Morgan fingerprint density at radius 1 is 0.882 bits per heavy atom. The van der Waals surface area contributed by atoms with E-state index >= 15 is 0 Å². The Kier molecular flexibility index (Phi) is 6.14. The zero-order chi connectivity index (χ0) is 23.5. The van der Waals surface area contributed by atoms with Gasteiger partial charge in [-0.25, -0.2) is 9.59 Å². The lowest BCUT2D eigenvalue weighted by molar-refractivity contribution is -0.139. The van der Waals surface area contributed by atoms with Crippen LogP contribution in [0.25, 0.3) is 22.3 Å². The molecule has 1 heterocycles. The summed E-state index contributed by atoms with van der Waals surface area (Å²) in [7, 11) is 0. The minimum atomic E-state index is -1.10. The molecule has 34 heavy (non-hydrogen) atoms. The lowest BCUT2D eigenvalue weighted by atomic mass is 9.98. The van der Waals surface area contributed by atoms with Crippen LogP contribution in [-0.2, 0) is 16.0 Å². The fraction of sp³-hybridized carbons (Fsp3) is 0.143. The van der Waals surface area contributed by atoms with E-state index in [-0.39, 0.29) is 18.9 Å². The number of benzene rings is 3. The van der Waals surface area contributed by atoms with Crippen LogP contribution in [0, 0.1) is 0 Å². The van der Waals surface area contributed by atoms with Gasteiger partial charge < -0.3 is 15.2 Å². The molecule has 0 radical (unpaired) electrons. The molecule has 0 spiro atoms. The number of nitrogens with one attached hydrogen (secondary N) is 1. The van der Waals surface area contributed by atoms with Crippen molar-refractivity contribution in [1.82, 2.24) is 5.32 Å². The summed E-state index contributed by atoms with van der Waals surface area (Å²) in [5.41, 5.74) is 7.52. The molecule has 1 amide bonds. The molecule has 0 bridgehead atoms. The van der Waals surface area contributed by atoms with Crippen molar-refractivity contribution in [3.8, 4) is 22.3 Å². The molecule has 1 aliphatic carbocycles. The molecular weight excluding hydrogens is 446 g/mol. The van der Waals surface area contributed by atoms with Gasteiger partial charge in [0.25, 0.3) is 0 Å². The van der Waals surface area contributed by atoms with Crippen molar-refractivity contribution in [3.05, 3.63) is 106 Å². The van der Waals surface area contributed by atoms with Crippen LogP contribution in [0.4, 0.5) is 4.79 Å². The molecule has 0 fully saturated rings. The van der Waals surface area contributed by atoms with Crippen molar-refractivity contribution in [2.75, 3.05) is 6.61 Å². The summed E-state index contributed by atoms with van der Waals surface area (Å²) >= 11 is 1.63. The summed E-state index contributed by atoms with van der Waals surface area (Å²) in [6.07, 6.45) is -0.562. The van der Waals surface area contributed by atoms with Gasteiger partial charge in [-0.1, -0.05) is 72.8 Å². The van der Waals surface area contributed by atoms with Crippen molar-refractivity contribution in [2.45, 2.75) is 18.4 Å².